The Hall–Kier alpha value is -2.97. The van der Waals surface area contributed by atoms with Gasteiger partial charge in [0.25, 0.3) is 5.79 Å². The maximum atomic E-state index is 12.8. The van der Waals surface area contributed by atoms with Crippen molar-refractivity contribution in [2.75, 3.05) is 0 Å². The Labute approximate surface area is 216 Å². The molecule has 2 unspecified atom stereocenters. The Balaban J connectivity index is 1.36. The fourth-order valence-corrected chi connectivity index (χ4v) is 5.65. The molecule has 0 aromatic heterocycles. The van der Waals surface area contributed by atoms with Crippen LogP contribution >= 0.6 is 0 Å². The van der Waals surface area contributed by atoms with Crippen LogP contribution in [-0.2, 0) is 33.3 Å². The first-order valence-corrected chi connectivity index (χ1v) is 13.4. The molecular weight excluding hydrogens is 476 g/mol. The summed E-state index contributed by atoms with van der Waals surface area (Å²) in [5.41, 5.74) is 1.47. The summed E-state index contributed by atoms with van der Waals surface area (Å²) >= 11 is 0. The van der Waals surface area contributed by atoms with E-state index in [2.05, 4.69) is 0 Å². The van der Waals surface area contributed by atoms with Crippen LogP contribution in [0.2, 0.25) is 0 Å². The first kappa shape index (κ1) is 25.7. The lowest BCUT2D eigenvalue weighted by Gasteiger charge is -2.43. The van der Waals surface area contributed by atoms with Crippen LogP contribution in [0, 0.1) is 5.92 Å². The largest absolute Gasteiger partial charge is 0.432 e. The third-order valence-corrected chi connectivity index (χ3v) is 7.73. The lowest BCUT2D eigenvalue weighted by molar-refractivity contribution is -0.332. The third kappa shape index (κ3) is 5.65. The molecule has 2 heterocycles. The molecule has 8 heteroatoms. The van der Waals surface area contributed by atoms with Gasteiger partial charge >= 0.3 is 17.9 Å². The number of carbonyl (C=O) groups excluding carboxylic acids is 3. The number of carbonyl (C=O) groups is 3. The van der Waals surface area contributed by atoms with E-state index in [1.165, 1.54) is 6.08 Å². The van der Waals surface area contributed by atoms with Crippen LogP contribution in [0.15, 0.2) is 59.3 Å². The highest BCUT2D eigenvalue weighted by Crippen LogP contribution is 2.39. The van der Waals surface area contributed by atoms with Crippen LogP contribution in [0.3, 0.4) is 0 Å². The number of aliphatic hydroxyl groups is 1. The van der Waals surface area contributed by atoms with Crippen molar-refractivity contribution < 1.29 is 38.4 Å². The molecule has 3 aliphatic carbocycles. The zero-order valence-electron chi connectivity index (χ0n) is 21.0. The van der Waals surface area contributed by atoms with E-state index < -0.39 is 41.7 Å². The summed E-state index contributed by atoms with van der Waals surface area (Å²) in [5.74, 6) is -5.06. The molecule has 2 saturated heterocycles. The van der Waals surface area contributed by atoms with E-state index in [0.717, 1.165) is 56.9 Å². The van der Waals surface area contributed by atoms with E-state index in [9.17, 15) is 19.5 Å². The molecule has 1 N–H and O–H groups in total. The second kappa shape index (κ2) is 10.8. The molecule has 2 aliphatic heterocycles. The van der Waals surface area contributed by atoms with Crippen molar-refractivity contribution in [1.82, 2.24) is 0 Å². The van der Waals surface area contributed by atoms with Crippen molar-refractivity contribution >= 4 is 17.9 Å². The van der Waals surface area contributed by atoms with E-state index in [-0.39, 0.29) is 5.57 Å². The number of allylic oxidation sites excluding steroid dienone is 8. The Morgan fingerprint density at radius 1 is 0.892 bits per heavy atom. The van der Waals surface area contributed by atoms with Gasteiger partial charge in [-0.15, -0.1) is 0 Å². The maximum absolute atomic E-state index is 12.8. The lowest BCUT2D eigenvalue weighted by Crippen LogP contribution is -2.52. The molecule has 2 saturated carbocycles. The highest BCUT2D eigenvalue weighted by Gasteiger charge is 2.48. The second-order valence-corrected chi connectivity index (χ2v) is 10.4. The van der Waals surface area contributed by atoms with Crippen LogP contribution in [-0.4, -0.2) is 40.9 Å². The molecule has 0 aromatic carbocycles. The average molecular weight is 511 g/mol. The molecule has 198 valence electrons. The molecule has 37 heavy (non-hydrogen) atoms. The summed E-state index contributed by atoms with van der Waals surface area (Å²) in [4.78, 5) is 38.3. The number of rotatable bonds is 4. The lowest BCUT2D eigenvalue weighted by atomic mass is 9.91. The number of aliphatic hydroxyl groups excluding tert-OH is 1. The summed E-state index contributed by atoms with van der Waals surface area (Å²) in [6, 6.07) is 0. The minimum atomic E-state index is -1.31. The van der Waals surface area contributed by atoms with E-state index in [4.69, 9.17) is 18.9 Å². The van der Waals surface area contributed by atoms with Crippen LogP contribution in [0.5, 0.6) is 0 Å². The fraction of sp³-hybridized carbons (Fsp3) is 0.552. The van der Waals surface area contributed by atoms with Gasteiger partial charge in [-0.05, 0) is 55.7 Å². The molecule has 0 radical (unpaired) electrons. The Kier molecular flexibility index (Phi) is 7.49. The smallest absolute Gasteiger partial charge is 0.348 e. The molecule has 0 bridgehead atoms. The molecule has 8 nitrogen and oxygen atoms in total. The van der Waals surface area contributed by atoms with E-state index in [1.54, 1.807) is 18.2 Å². The highest BCUT2D eigenvalue weighted by molar-refractivity contribution is 6.15. The normalized spacial score (nSPS) is 29.6. The zero-order valence-corrected chi connectivity index (χ0v) is 21.0. The SMILES string of the molecule is O=C1OC2(CCCCC2)OC(=O)C1=C/C=C(/C=C/C1C(=O)OC2(CCCCC2)OC1O)C1=CC=CCC1. The molecule has 0 aromatic rings. The predicted molar refractivity (Wildman–Crippen MR) is 132 cm³/mol. The molecule has 5 aliphatic rings. The summed E-state index contributed by atoms with van der Waals surface area (Å²) < 4.78 is 22.6. The molecule has 5 rings (SSSR count). The number of esters is 3. The van der Waals surface area contributed by atoms with Crippen molar-refractivity contribution in [2.24, 2.45) is 5.92 Å². The van der Waals surface area contributed by atoms with E-state index >= 15 is 0 Å². The van der Waals surface area contributed by atoms with Crippen molar-refractivity contribution in [3.63, 3.8) is 0 Å². The van der Waals surface area contributed by atoms with Gasteiger partial charge in [-0.3, -0.25) is 4.79 Å². The van der Waals surface area contributed by atoms with Gasteiger partial charge in [0, 0.05) is 25.7 Å². The Morgan fingerprint density at radius 2 is 1.54 bits per heavy atom. The van der Waals surface area contributed by atoms with E-state index in [0.29, 0.717) is 31.3 Å². The van der Waals surface area contributed by atoms with Crippen LogP contribution in [0.25, 0.3) is 0 Å². The number of ether oxygens (including phenoxy) is 4. The van der Waals surface area contributed by atoms with Gasteiger partial charge in [-0.25, -0.2) is 9.59 Å². The third-order valence-electron chi connectivity index (χ3n) is 7.73. The van der Waals surface area contributed by atoms with Crippen LogP contribution in [0.1, 0.15) is 77.0 Å². The Bertz CT molecular complexity index is 1060. The van der Waals surface area contributed by atoms with Gasteiger partial charge < -0.3 is 24.1 Å². The van der Waals surface area contributed by atoms with Crippen molar-refractivity contribution in [2.45, 2.75) is 94.9 Å². The first-order valence-electron chi connectivity index (χ1n) is 13.4. The second-order valence-electron chi connectivity index (χ2n) is 10.4. The average Bonchev–Trinajstić information content (AvgIpc) is 2.88. The minimum absolute atomic E-state index is 0.172. The number of hydrogen-bond donors (Lipinski definition) is 1. The molecule has 4 fully saturated rings. The summed E-state index contributed by atoms with van der Waals surface area (Å²) in [6.45, 7) is 0. The standard InChI is InChI=1S/C29H34O8/c30-24-22(25(31)35-28(34-24)16-6-2-7-17-28)14-12-21(20-10-4-1-5-11-20)13-15-23-26(32)36-29(37-27(23)33)18-8-3-9-19-29/h1,4,10,12-15,22,24,30H,2-3,5-9,11,16-19H2/b14-12+,21-13-. The highest BCUT2D eigenvalue weighted by atomic mass is 16.8. The zero-order chi connectivity index (χ0) is 25.9. The molecule has 2 spiro atoms. The van der Waals surface area contributed by atoms with Crippen molar-refractivity contribution in [3.05, 3.63) is 59.3 Å². The van der Waals surface area contributed by atoms with E-state index in [1.807, 2.05) is 18.2 Å². The summed E-state index contributed by atoms with van der Waals surface area (Å²) in [7, 11) is 0. The topological polar surface area (TPSA) is 108 Å². The first-order chi connectivity index (χ1) is 17.9. The van der Waals surface area contributed by atoms with Gasteiger partial charge in [0.05, 0.1) is 0 Å². The van der Waals surface area contributed by atoms with Gasteiger partial charge in [-0.1, -0.05) is 49.3 Å². The summed E-state index contributed by atoms with van der Waals surface area (Å²) in [5, 5.41) is 10.7. The van der Waals surface area contributed by atoms with Crippen molar-refractivity contribution in [1.29, 1.82) is 0 Å². The molecule has 0 amide bonds. The maximum Gasteiger partial charge on any atom is 0.348 e. The Morgan fingerprint density at radius 3 is 2.14 bits per heavy atom. The molecule has 2 atom stereocenters. The van der Waals surface area contributed by atoms with Crippen LogP contribution < -0.4 is 0 Å². The predicted octanol–water partition coefficient (Wildman–Crippen LogP) is 4.60. The monoisotopic (exact) mass is 510 g/mol. The van der Waals surface area contributed by atoms with Crippen LogP contribution in [0.4, 0.5) is 0 Å². The van der Waals surface area contributed by atoms with Gasteiger partial charge in [0.1, 0.15) is 11.5 Å². The number of hydrogen-bond acceptors (Lipinski definition) is 8. The van der Waals surface area contributed by atoms with Crippen molar-refractivity contribution in [3.8, 4) is 0 Å². The fourth-order valence-electron chi connectivity index (χ4n) is 5.65. The van der Waals surface area contributed by atoms with Gasteiger partial charge in [0.15, 0.2) is 6.29 Å². The quantitative estimate of drug-likeness (QED) is 0.253. The van der Waals surface area contributed by atoms with Gasteiger partial charge in [0.2, 0.25) is 5.79 Å². The minimum Gasteiger partial charge on any atom is -0.432 e. The molecular formula is C29H34O8. The van der Waals surface area contributed by atoms with Gasteiger partial charge in [-0.2, -0.15) is 0 Å². The summed E-state index contributed by atoms with van der Waals surface area (Å²) in [6.07, 6.45) is 20.2.